The van der Waals surface area contributed by atoms with Crippen molar-refractivity contribution in [2.45, 2.75) is 30.3 Å². The number of nitrogen functional groups attached to an aromatic ring is 1. The monoisotopic (exact) mass is 288 g/mol. The topological polar surface area (TPSA) is 83.6 Å². The van der Waals surface area contributed by atoms with Gasteiger partial charge < -0.3 is 10.8 Å². The van der Waals surface area contributed by atoms with Crippen LogP contribution in [-0.2, 0) is 10.0 Å². The fraction of sp³-hybridized carbons (Fsp3) is 0.500. The molecule has 2 rings (SSSR count). The van der Waals surface area contributed by atoms with Crippen molar-refractivity contribution in [3.05, 3.63) is 24.0 Å². The lowest BCUT2D eigenvalue weighted by Gasteiger charge is -2.45. The van der Waals surface area contributed by atoms with E-state index in [0.29, 0.717) is 6.42 Å². The van der Waals surface area contributed by atoms with Gasteiger partial charge in [0.15, 0.2) is 0 Å². The van der Waals surface area contributed by atoms with Crippen LogP contribution in [0.4, 0.5) is 10.1 Å². The van der Waals surface area contributed by atoms with Crippen molar-refractivity contribution >= 4 is 15.7 Å². The quantitative estimate of drug-likeness (QED) is 0.808. The minimum atomic E-state index is -3.76. The standard InChI is InChI=1S/C12H17FN2O3S/c1-2-5-12(16)7-15(8-12)19(17,18)11-4-3-9(13)6-10(11)14/h3-4,6,16H,2,5,7-8,14H2,1H3. The number of sulfonamides is 1. The van der Waals surface area contributed by atoms with E-state index >= 15 is 0 Å². The highest BCUT2D eigenvalue weighted by molar-refractivity contribution is 7.89. The van der Waals surface area contributed by atoms with Gasteiger partial charge in [-0.1, -0.05) is 13.3 Å². The molecule has 106 valence electrons. The third kappa shape index (κ3) is 2.58. The Morgan fingerprint density at radius 3 is 2.63 bits per heavy atom. The molecule has 0 saturated carbocycles. The average Bonchev–Trinajstić information content (AvgIpc) is 2.25. The maximum atomic E-state index is 12.9. The first-order valence-electron chi connectivity index (χ1n) is 6.06. The minimum absolute atomic E-state index is 0.0555. The summed E-state index contributed by atoms with van der Waals surface area (Å²) in [5.41, 5.74) is 4.47. The van der Waals surface area contributed by atoms with Crippen LogP contribution in [0.1, 0.15) is 19.8 Å². The third-order valence-corrected chi connectivity index (χ3v) is 5.11. The molecule has 1 fully saturated rings. The number of hydrogen-bond donors (Lipinski definition) is 2. The van der Waals surface area contributed by atoms with Gasteiger partial charge in [0.1, 0.15) is 10.7 Å². The molecule has 0 radical (unpaired) electrons. The van der Waals surface area contributed by atoms with Crippen LogP contribution in [0.15, 0.2) is 23.1 Å². The van der Waals surface area contributed by atoms with Crippen molar-refractivity contribution in [2.24, 2.45) is 0 Å². The smallest absolute Gasteiger partial charge is 0.245 e. The number of anilines is 1. The van der Waals surface area contributed by atoms with Crippen LogP contribution in [0.3, 0.4) is 0 Å². The summed E-state index contributed by atoms with van der Waals surface area (Å²) in [5.74, 6) is -0.581. The van der Waals surface area contributed by atoms with E-state index in [9.17, 15) is 17.9 Å². The molecule has 1 aromatic carbocycles. The Kier molecular flexibility index (Phi) is 3.55. The highest BCUT2D eigenvalue weighted by Crippen LogP contribution is 2.33. The zero-order chi connectivity index (χ0) is 14.3. The summed E-state index contributed by atoms with van der Waals surface area (Å²) < 4.78 is 38.6. The molecule has 0 aliphatic carbocycles. The van der Waals surface area contributed by atoms with Crippen molar-refractivity contribution in [3.63, 3.8) is 0 Å². The molecule has 7 heteroatoms. The summed E-state index contributed by atoms with van der Waals surface area (Å²) in [7, 11) is -3.76. The predicted molar refractivity (Wildman–Crippen MR) is 69.4 cm³/mol. The van der Waals surface area contributed by atoms with Crippen LogP contribution in [0.2, 0.25) is 0 Å². The van der Waals surface area contributed by atoms with Gasteiger partial charge in [-0.05, 0) is 24.6 Å². The van der Waals surface area contributed by atoms with Gasteiger partial charge in [-0.15, -0.1) is 0 Å². The fourth-order valence-corrected chi connectivity index (χ4v) is 3.99. The fourth-order valence-electron chi connectivity index (χ4n) is 2.30. The number of nitrogens with two attached hydrogens (primary N) is 1. The van der Waals surface area contributed by atoms with Crippen molar-refractivity contribution in [1.29, 1.82) is 0 Å². The number of halogens is 1. The van der Waals surface area contributed by atoms with Gasteiger partial charge in [0.05, 0.1) is 11.3 Å². The van der Waals surface area contributed by atoms with Crippen LogP contribution in [-0.4, -0.2) is 36.5 Å². The molecular formula is C12H17FN2O3S. The number of benzene rings is 1. The van der Waals surface area contributed by atoms with Crippen molar-refractivity contribution in [3.8, 4) is 0 Å². The molecule has 5 nitrogen and oxygen atoms in total. The van der Waals surface area contributed by atoms with Gasteiger partial charge in [-0.3, -0.25) is 0 Å². The Morgan fingerprint density at radius 2 is 2.11 bits per heavy atom. The Hall–Kier alpha value is -1.18. The molecule has 1 aliphatic rings. The minimum Gasteiger partial charge on any atom is -0.398 e. The van der Waals surface area contributed by atoms with E-state index in [-0.39, 0.29) is 23.7 Å². The molecule has 19 heavy (non-hydrogen) atoms. The highest BCUT2D eigenvalue weighted by Gasteiger charge is 2.46. The SMILES string of the molecule is CCCC1(O)CN(S(=O)(=O)c2ccc(F)cc2N)C1. The van der Waals surface area contributed by atoms with Gasteiger partial charge in [0.2, 0.25) is 10.0 Å². The van der Waals surface area contributed by atoms with Gasteiger partial charge in [0, 0.05) is 13.1 Å². The Bertz CT molecular complexity index is 583. The van der Waals surface area contributed by atoms with Crippen molar-refractivity contribution in [1.82, 2.24) is 4.31 Å². The van der Waals surface area contributed by atoms with Crippen LogP contribution in [0.5, 0.6) is 0 Å². The molecule has 1 saturated heterocycles. The van der Waals surface area contributed by atoms with Crippen molar-refractivity contribution < 1.29 is 17.9 Å². The van der Waals surface area contributed by atoms with Crippen LogP contribution < -0.4 is 5.73 Å². The molecule has 1 aliphatic heterocycles. The maximum Gasteiger partial charge on any atom is 0.245 e. The number of β-amino-alcohol motifs (C(OH)–C–C–N with tert-alkyl or cyclic N) is 1. The van der Waals surface area contributed by atoms with Gasteiger partial charge in [-0.25, -0.2) is 12.8 Å². The lowest BCUT2D eigenvalue weighted by Crippen LogP contribution is -2.63. The summed E-state index contributed by atoms with van der Waals surface area (Å²) >= 11 is 0. The first-order chi connectivity index (χ1) is 8.78. The summed E-state index contributed by atoms with van der Waals surface area (Å²) in [6, 6.07) is 3.18. The summed E-state index contributed by atoms with van der Waals surface area (Å²) in [6.07, 6.45) is 1.33. The van der Waals surface area contributed by atoms with E-state index in [0.717, 1.165) is 28.9 Å². The van der Waals surface area contributed by atoms with Gasteiger partial charge >= 0.3 is 0 Å². The van der Waals surface area contributed by atoms with Gasteiger partial charge in [0.25, 0.3) is 0 Å². The number of nitrogens with zero attached hydrogens (tertiary/aromatic N) is 1. The molecule has 0 aromatic heterocycles. The molecule has 0 bridgehead atoms. The second-order valence-electron chi connectivity index (χ2n) is 4.93. The number of hydrogen-bond acceptors (Lipinski definition) is 4. The molecule has 0 amide bonds. The molecule has 0 spiro atoms. The third-order valence-electron chi connectivity index (χ3n) is 3.25. The maximum absolute atomic E-state index is 12.9. The second kappa shape index (κ2) is 4.73. The summed E-state index contributed by atoms with van der Waals surface area (Å²) in [6.45, 7) is 2.03. The van der Waals surface area contributed by atoms with Crippen molar-refractivity contribution in [2.75, 3.05) is 18.8 Å². The van der Waals surface area contributed by atoms with E-state index in [1.807, 2.05) is 6.92 Å². The van der Waals surface area contributed by atoms with E-state index in [2.05, 4.69) is 0 Å². The molecule has 1 heterocycles. The first-order valence-corrected chi connectivity index (χ1v) is 7.50. The molecule has 0 atom stereocenters. The molecule has 3 N–H and O–H groups in total. The van der Waals surface area contributed by atoms with Gasteiger partial charge in [-0.2, -0.15) is 4.31 Å². The summed E-state index contributed by atoms with van der Waals surface area (Å²) in [5, 5.41) is 10.0. The van der Waals surface area contributed by atoms with E-state index in [4.69, 9.17) is 5.73 Å². The summed E-state index contributed by atoms with van der Waals surface area (Å²) in [4.78, 5) is -0.118. The Morgan fingerprint density at radius 1 is 1.47 bits per heavy atom. The largest absolute Gasteiger partial charge is 0.398 e. The lowest BCUT2D eigenvalue weighted by molar-refractivity contribution is -0.0653. The van der Waals surface area contributed by atoms with Crippen LogP contribution >= 0.6 is 0 Å². The highest BCUT2D eigenvalue weighted by atomic mass is 32.2. The van der Waals surface area contributed by atoms with E-state index in [1.54, 1.807) is 0 Å². The van der Waals surface area contributed by atoms with Crippen LogP contribution in [0, 0.1) is 5.82 Å². The zero-order valence-electron chi connectivity index (χ0n) is 10.6. The molecule has 0 unspecified atom stereocenters. The lowest BCUT2D eigenvalue weighted by atomic mass is 9.92. The Balaban J connectivity index is 2.21. The first kappa shape index (κ1) is 14.2. The predicted octanol–water partition coefficient (Wildman–Crippen LogP) is 0.943. The van der Waals surface area contributed by atoms with E-state index in [1.165, 1.54) is 0 Å². The average molecular weight is 288 g/mol. The molecule has 1 aromatic rings. The normalized spacial score (nSPS) is 19.1. The van der Waals surface area contributed by atoms with Crippen LogP contribution in [0.25, 0.3) is 0 Å². The Labute approximate surface area is 111 Å². The van der Waals surface area contributed by atoms with E-state index < -0.39 is 21.4 Å². The number of aliphatic hydroxyl groups is 1. The number of rotatable bonds is 4. The second-order valence-corrected chi connectivity index (χ2v) is 6.84. The zero-order valence-corrected chi connectivity index (χ0v) is 11.5. The molecular weight excluding hydrogens is 271 g/mol.